The second kappa shape index (κ2) is 4.27. The van der Waals surface area contributed by atoms with Gasteiger partial charge in [0, 0.05) is 0 Å². The van der Waals surface area contributed by atoms with Gasteiger partial charge in [-0.2, -0.15) is 0 Å². The topological polar surface area (TPSA) is 60.9 Å². The summed E-state index contributed by atoms with van der Waals surface area (Å²) in [5.41, 5.74) is 0.971. The average Bonchev–Trinajstić information content (AvgIpc) is 2.92. The highest BCUT2D eigenvalue weighted by Gasteiger charge is 2.12. The first-order valence-corrected chi connectivity index (χ1v) is 5.81. The summed E-state index contributed by atoms with van der Waals surface area (Å²) in [5, 5.41) is 4.12. The normalized spacial score (nSPS) is 10.9. The van der Waals surface area contributed by atoms with E-state index in [4.69, 9.17) is 16.1 Å². The van der Waals surface area contributed by atoms with E-state index in [0.29, 0.717) is 22.4 Å². The number of nitrogens with zero attached hydrogens (tertiary/aromatic N) is 3. The Bertz CT molecular complexity index is 750. The molecule has 18 heavy (non-hydrogen) atoms. The van der Waals surface area contributed by atoms with Crippen molar-refractivity contribution in [1.82, 2.24) is 14.7 Å². The van der Waals surface area contributed by atoms with E-state index in [1.165, 1.54) is 17.0 Å². The Morgan fingerprint density at radius 2 is 2.17 bits per heavy atom. The Balaban J connectivity index is 2.43. The minimum Gasteiger partial charge on any atom is -0.362 e. The van der Waals surface area contributed by atoms with E-state index in [0.717, 1.165) is 0 Å². The molecular weight excluding hydrogens is 254 g/mol. The second-order valence-corrected chi connectivity index (χ2v) is 3.97. The molecule has 6 heteroatoms. The third kappa shape index (κ3) is 1.60. The third-order valence-corrected chi connectivity index (χ3v) is 2.88. The SMILES string of the molecule is O=c1c2ccccc2nc(CCl)n1-c1cnoc1. The molecule has 0 N–H and O–H groups in total. The van der Waals surface area contributed by atoms with Gasteiger partial charge in [0.2, 0.25) is 0 Å². The number of aromatic nitrogens is 3. The molecule has 2 aromatic heterocycles. The summed E-state index contributed by atoms with van der Waals surface area (Å²) in [6, 6.07) is 7.14. The number of rotatable bonds is 2. The van der Waals surface area contributed by atoms with E-state index in [2.05, 4.69) is 10.1 Å². The van der Waals surface area contributed by atoms with Crippen LogP contribution in [0.3, 0.4) is 0 Å². The van der Waals surface area contributed by atoms with Crippen molar-refractivity contribution in [3.05, 3.63) is 52.9 Å². The molecule has 0 aliphatic carbocycles. The van der Waals surface area contributed by atoms with Gasteiger partial charge in [-0.15, -0.1) is 11.6 Å². The number of hydrogen-bond acceptors (Lipinski definition) is 4. The van der Waals surface area contributed by atoms with Crippen LogP contribution in [0.4, 0.5) is 0 Å². The predicted molar refractivity (Wildman–Crippen MR) is 67.0 cm³/mol. The highest BCUT2D eigenvalue weighted by molar-refractivity contribution is 6.16. The van der Waals surface area contributed by atoms with Gasteiger partial charge in [-0.05, 0) is 12.1 Å². The van der Waals surface area contributed by atoms with Gasteiger partial charge in [0.1, 0.15) is 17.8 Å². The molecule has 2 heterocycles. The van der Waals surface area contributed by atoms with Gasteiger partial charge in [0.05, 0.1) is 23.0 Å². The molecule has 0 fully saturated rings. The van der Waals surface area contributed by atoms with Crippen LogP contribution in [0.25, 0.3) is 16.6 Å². The minimum atomic E-state index is -0.181. The fourth-order valence-corrected chi connectivity index (χ4v) is 2.02. The number of halogens is 1. The molecule has 3 aromatic rings. The van der Waals surface area contributed by atoms with Gasteiger partial charge in [0.25, 0.3) is 5.56 Å². The molecular formula is C12H8ClN3O2. The van der Waals surface area contributed by atoms with Crippen LogP contribution in [0.2, 0.25) is 0 Å². The van der Waals surface area contributed by atoms with Gasteiger partial charge < -0.3 is 4.52 Å². The highest BCUT2D eigenvalue weighted by Crippen LogP contribution is 2.13. The van der Waals surface area contributed by atoms with E-state index in [1.54, 1.807) is 18.2 Å². The lowest BCUT2D eigenvalue weighted by Crippen LogP contribution is -2.22. The third-order valence-electron chi connectivity index (χ3n) is 2.64. The van der Waals surface area contributed by atoms with Crippen LogP contribution in [0, 0.1) is 0 Å². The summed E-state index contributed by atoms with van der Waals surface area (Å²) >= 11 is 5.85. The maximum atomic E-state index is 12.4. The first-order chi connectivity index (χ1) is 8.81. The van der Waals surface area contributed by atoms with E-state index >= 15 is 0 Å². The molecule has 0 saturated carbocycles. The van der Waals surface area contributed by atoms with Crippen molar-refractivity contribution in [2.45, 2.75) is 5.88 Å². The molecule has 3 rings (SSSR count). The molecule has 90 valence electrons. The van der Waals surface area contributed by atoms with E-state index < -0.39 is 0 Å². The van der Waals surface area contributed by atoms with Gasteiger partial charge in [-0.3, -0.25) is 9.36 Å². The first kappa shape index (κ1) is 11.0. The Hall–Kier alpha value is -2.14. The molecule has 0 bridgehead atoms. The predicted octanol–water partition coefficient (Wildman–Crippen LogP) is 2.11. The largest absolute Gasteiger partial charge is 0.362 e. The standard InChI is InChI=1S/C12H8ClN3O2/c13-5-11-15-10-4-2-1-3-9(10)12(17)16(11)8-6-14-18-7-8/h1-4,6-7H,5H2. The van der Waals surface area contributed by atoms with Crippen molar-refractivity contribution < 1.29 is 4.52 Å². The van der Waals surface area contributed by atoms with Gasteiger partial charge in [0.15, 0.2) is 0 Å². The van der Waals surface area contributed by atoms with Crippen molar-refractivity contribution in [2.24, 2.45) is 0 Å². The molecule has 0 atom stereocenters. The smallest absolute Gasteiger partial charge is 0.266 e. The van der Waals surface area contributed by atoms with Crippen molar-refractivity contribution in [1.29, 1.82) is 0 Å². The maximum absolute atomic E-state index is 12.4. The Morgan fingerprint density at radius 1 is 1.33 bits per heavy atom. The lowest BCUT2D eigenvalue weighted by atomic mass is 10.2. The van der Waals surface area contributed by atoms with Crippen LogP contribution >= 0.6 is 11.6 Å². The lowest BCUT2D eigenvalue weighted by molar-refractivity contribution is 0.419. The zero-order valence-electron chi connectivity index (χ0n) is 9.21. The molecule has 0 aliphatic heterocycles. The van der Waals surface area contributed by atoms with Crippen molar-refractivity contribution in [3.8, 4) is 5.69 Å². The van der Waals surface area contributed by atoms with Gasteiger partial charge in [-0.1, -0.05) is 17.3 Å². The number of benzene rings is 1. The van der Waals surface area contributed by atoms with Crippen LogP contribution in [0.5, 0.6) is 0 Å². The Kier molecular flexibility index (Phi) is 2.60. The van der Waals surface area contributed by atoms with Crippen LogP contribution < -0.4 is 5.56 Å². The molecule has 5 nitrogen and oxygen atoms in total. The van der Waals surface area contributed by atoms with Crippen LogP contribution in [-0.4, -0.2) is 14.7 Å². The van der Waals surface area contributed by atoms with Crippen LogP contribution in [0.1, 0.15) is 5.82 Å². The van der Waals surface area contributed by atoms with E-state index in [9.17, 15) is 4.79 Å². The molecule has 0 aliphatic rings. The summed E-state index contributed by atoms with van der Waals surface area (Å²) in [7, 11) is 0. The van der Waals surface area contributed by atoms with Gasteiger partial charge in [-0.25, -0.2) is 4.98 Å². The molecule has 1 aromatic carbocycles. The highest BCUT2D eigenvalue weighted by atomic mass is 35.5. The van der Waals surface area contributed by atoms with E-state index in [-0.39, 0.29) is 11.4 Å². The van der Waals surface area contributed by atoms with Crippen molar-refractivity contribution >= 4 is 22.5 Å². The minimum absolute atomic E-state index is 0.130. The molecule has 0 saturated heterocycles. The summed E-state index contributed by atoms with van der Waals surface area (Å²) in [5.74, 6) is 0.592. The number of para-hydroxylation sites is 1. The average molecular weight is 262 g/mol. The Labute approximate surface area is 107 Å². The summed E-state index contributed by atoms with van der Waals surface area (Å²) in [6.45, 7) is 0. The summed E-state index contributed by atoms with van der Waals surface area (Å²) in [4.78, 5) is 16.8. The van der Waals surface area contributed by atoms with Crippen LogP contribution in [-0.2, 0) is 5.88 Å². The zero-order chi connectivity index (χ0) is 12.5. The number of hydrogen-bond donors (Lipinski definition) is 0. The van der Waals surface area contributed by atoms with Gasteiger partial charge >= 0.3 is 0 Å². The maximum Gasteiger partial charge on any atom is 0.266 e. The van der Waals surface area contributed by atoms with Crippen molar-refractivity contribution in [3.63, 3.8) is 0 Å². The summed E-state index contributed by atoms with van der Waals surface area (Å²) < 4.78 is 6.16. The fraction of sp³-hybridized carbons (Fsp3) is 0.0833. The molecule has 0 spiro atoms. The number of fused-ring (bicyclic) bond motifs is 1. The van der Waals surface area contributed by atoms with Crippen LogP contribution in [0.15, 0.2) is 46.0 Å². The monoisotopic (exact) mass is 261 g/mol. The summed E-state index contributed by atoms with van der Waals surface area (Å²) in [6.07, 6.45) is 2.84. The lowest BCUT2D eigenvalue weighted by Gasteiger charge is -2.08. The fourth-order valence-electron chi connectivity index (χ4n) is 1.84. The molecule has 0 radical (unpaired) electrons. The number of alkyl halides is 1. The molecule has 0 amide bonds. The second-order valence-electron chi connectivity index (χ2n) is 3.70. The molecule has 0 unspecified atom stereocenters. The zero-order valence-corrected chi connectivity index (χ0v) is 9.96. The first-order valence-electron chi connectivity index (χ1n) is 5.27. The quantitative estimate of drug-likeness (QED) is 0.663. The Morgan fingerprint density at radius 3 is 2.89 bits per heavy atom. The van der Waals surface area contributed by atoms with Crippen molar-refractivity contribution in [2.75, 3.05) is 0 Å². The van der Waals surface area contributed by atoms with E-state index in [1.807, 2.05) is 6.07 Å².